The van der Waals surface area contributed by atoms with Gasteiger partial charge in [-0.15, -0.1) is 0 Å². The number of rotatable bonds is 15. The van der Waals surface area contributed by atoms with E-state index in [1.165, 1.54) is 17.7 Å². The second kappa shape index (κ2) is 18.3. The largest absolute Gasteiger partial charge is 0.391 e. The van der Waals surface area contributed by atoms with Crippen LogP contribution >= 0.6 is 0 Å². The van der Waals surface area contributed by atoms with Crippen molar-refractivity contribution in [1.82, 2.24) is 40.2 Å². The molecule has 4 amide bonds. The summed E-state index contributed by atoms with van der Waals surface area (Å²) in [6.07, 6.45) is 2.53. The van der Waals surface area contributed by atoms with E-state index < -0.39 is 48.2 Å². The van der Waals surface area contributed by atoms with Crippen molar-refractivity contribution < 1.29 is 33.8 Å². The summed E-state index contributed by atoms with van der Waals surface area (Å²) in [6, 6.07) is 7.74. The Morgan fingerprint density at radius 1 is 0.869 bits per heavy atom. The fourth-order valence-corrected chi connectivity index (χ4v) is 9.76. The molecule has 6 N–H and O–H groups in total. The van der Waals surface area contributed by atoms with E-state index in [0.29, 0.717) is 44.0 Å². The Balaban J connectivity index is 1.30. The Morgan fingerprint density at radius 3 is 2.07 bits per heavy atom. The number of β-amino-alcohol motifs (C(OH)–C–C–N with tert-alkyl or cyclic N) is 2. The zero-order chi connectivity index (χ0) is 43.9. The smallest absolute Gasteiger partial charge is 0.245 e. The van der Waals surface area contributed by atoms with Gasteiger partial charge in [-0.2, -0.15) is 0 Å². The Hall–Kier alpha value is -4.83. The number of aromatic amines is 1. The van der Waals surface area contributed by atoms with Crippen molar-refractivity contribution >= 4 is 45.4 Å². The van der Waals surface area contributed by atoms with E-state index >= 15 is 4.39 Å². The second-order valence-electron chi connectivity index (χ2n) is 17.6. The van der Waals surface area contributed by atoms with Gasteiger partial charge in [0.1, 0.15) is 17.9 Å². The Bertz CT molecular complexity index is 2290. The third-order valence-electron chi connectivity index (χ3n) is 13.5. The summed E-state index contributed by atoms with van der Waals surface area (Å²) in [6.45, 7) is 8.24. The molecule has 4 aromatic rings. The number of nitrogens with zero attached hydrogens (tertiary/aromatic N) is 4. The number of aromatic nitrogens is 2. The number of aryl methyl sites for hydroxylation is 2. The summed E-state index contributed by atoms with van der Waals surface area (Å²) in [5, 5.41) is 32.8. The summed E-state index contributed by atoms with van der Waals surface area (Å²) in [4.78, 5) is 63.4. The van der Waals surface area contributed by atoms with E-state index in [-0.39, 0.29) is 42.8 Å². The van der Waals surface area contributed by atoms with Crippen LogP contribution in [0.3, 0.4) is 0 Å². The predicted octanol–water partition coefficient (Wildman–Crippen LogP) is 3.23. The number of hydrogen-bond acceptors (Lipinski definition) is 8. The highest BCUT2D eigenvalue weighted by Crippen LogP contribution is 2.43. The van der Waals surface area contributed by atoms with E-state index in [9.17, 15) is 29.4 Å². The third kappa shape index (κ3) is 8.66. The molecule has 5 heterocycles. The van der Waals surface area contributed by atoms with Gasteiger partial charge in [-0.1, -0.05) is 32.0 Å². The first-order valence-electron chi connectivity index (χ1n) is 22.0. The van der Waals surface area contributed by atoms with Crippen LogP contribution in [-0.4, -0.2) is 141 Å². The number of hydrogen-bond donors (Lipinski definition) is 6. The van der Waals surface area contributed by atoms with Crippen LogP contribution in [0.4, 0.5) is 4.39 Å². The summed E-state index contributed by atoms with van der Waals surface area (Å²) in [7, 11) is 5.31. The van der Waals surface area contributed by atoms with Gasteiger partial charge in [0.05, 0.1) is 41.2 Å². The minimum Gasteiger partial charge on any atom is -0.391 e. The number of likely N-dealkylation sites (tertiary alicyclic amines) is 2. The van der Waals surface area contributed by atoms with E-state index in [0.717, 1.165) is 58.2 Å². The van der Waals surface area contributed by atoms with E-state index in [4.69, 9.17) is 0 Å². The molecule has 61 heavy (non-hydrogen) atoms. The average Bonchev–Trinajstić information content (AvgIpc) is 3.99. The van der Waals surface area contributed by atoms with Gasteiger partial charge in [-0.05, 0) is 121 Å². The fourth-order valence-electron chi connectivity index (χ4n) is 9.76. The van der Waals surface area contributed by atoms with Gasteiger partial charge in [-0.25, -0.2) is 4.39 Å². The molecule has 2 saturated heterocycles. The highest BCUT2D eigenvalue weighted by atomic mass is 19.1. The van der Waals surface area contributed by atoms with Crippen molar-refractivity contribution in [3.63, 3.8) is 0 Å². The fraction of sp³-hybridized carbons (Fsp3) is 0.565. The van der Waals surface area contributed by atoms with Crippen molar-refractivity contribution in [1.29, 1.82) is 0 Å². The number of para-hydroxylation sites is 1. The van der Waals surface area contributed by atoms with Gasteiger partial charge >= 0.3 is 0 Å². The molecule has 2 aromatic carbocycles. The number of carbonyl (C=O) groups excluding carboxylic acids is 4. The third-order valence-corrected chi connectivity index (χ3v) is 13.5. The molecule has 330 valence electrons. The van der Waals surface area contributed by atoms with E-state index in [2.05, 4.69) is 43.7 Å². The number of aliphatic hydroxyl groups excluding tert-OH is 2. The van der Waals surface area contributed by atoms with Gasteiger partial charge in [0, 0.05) is 48.0 Å². The zero-order valence-electron chi connectivity index (χ0n) is 36.6. The summed E-state index contributed by atoms with van der Waals surface area (Å²) >= 11 is 0. The molecule has 15 heteroatoms. The van der Waals surface area contributed by atoms with Crippen molar-refractivity contribution in [3.8, 4) is 11.4 Å². The molecule has 14 nitrogen and oxygen atoms in total. The van der Waals surface area contributed by atoms with Crippen molar-refractivity contribution in [2.45, 2.75) is 134 Å². The maximum Gasteiger partial charge on any atom is 0.245 e. The van der Waals surface area contributed by atoms with Crippen molar-refractivity contribution in [3.05, 3.63) is 58.9 Å². The molecule has 7 rings (SSSR count). The number of aliphatic hydroxyl groups is 2. The average molecular weight is 843 g/mol. The van der Waals surface area contributed by atoms with Crippen molar-refractivity contribution in [2.24, 2.45) is 0 Å². The lowest BCUT2D eigenvalue weighted by molar-refractivity contribution is -0.138. The van der Waals surface area contributed by atoms with Gasteiger partial charge in [-0.3, -0.25) is 24.1 Å². The molecule has 3 aliphatic heterocycles. The predicted molar refractivity (Wildman–Crippen MR) is 233 cm³/mol. The van der Waals surface area contributed by atoms with Gasteiger partial charge in [0.2, 0.25) is 23.6 Å². The highest BCUT2D eigenvalue weighted by molar-refractivity contribution is 5.98. The number of fused-ring (bicyclic) bond motifs is 1. The Labute approximate surface area is 357 Å². The molecule has 0 saturated carbocycles. The number of likely N-dealkylation sites (N-methyl/N-ethyl adjacent to an activating group) is 2. The lowest BCUT2D eigenvalue weighted by Gasteiger charge is -2.30. The van der Waals surface area contributed by atoms with Crippen molar-refractivity contribution in [2.75, 3.05) is 34.2 Å². The van der Waals surface area contributed by atoms with Crippen LogP contribution in [0.15, 0.2) is 36.4 Å². The monoisotopic (exact) mass is 842 g/mol. The molecule has 0 radical (unpaired) electrons. The zero-order valence-corrected chi connectivity index (χ0v) is 36.6. The van der Waals surface area contributed by atoms with Crippen LogP contribution in [0.25, 0.3) is 33.2 Å². The minimum absolute atomic E-state index is 0.125. The summed E-state index contributed by atoms with van der Waals surface area (Å²) in [5.74, 6) is -1.41. The van der Waals surface area contributed by atoms with E-state index in [1.807, 2.05) is 27.9 Å². The lowest BCUT2D eigenvalue weighted by Crippen LogP contribution is -2.53. The first-order chi connectivity index (χ1) is 29.1. The summed E-state index contributed by atoms with van der Waals surface area (Å²) in [5.41, 5.74) is 6.48. The van der Waals surface area contributed by atoms with Crippen LogP contribution in [0.2, 0.25) is 0 Å². The maximum absolute atomic E-state index is 15.0. The van der Waals surface area contributed by atoms with Gasteiger partial charge in [0.25, 0.3) is 0 Å². The number of halogens is 1. The topological polar surface area (TPSA) is 175 Å². The number of H-pyrrole nitrogens is 1. The summed E-state index contributed by atoms with van der Waals surface area (Å²) < 4.78 is 17.4. The molecule has 0 unspecified atom stereocenters. The van der Waals surface area contributed by atoms with Crippen LogP contribution < -0.4 is 16.0 Å². The number of nitrogens with one attached hydrogen (secondary N) is 4. The van der Waals surface area contributed by atoms with Crippen LogP contribution in [0.5, 0.6) is 0 Å². The number of carbonyl (C=O) groups is 4. The van der Waals surface area contributed by atoms with Gasteiger partial charge in [0.15, 0.2) is 0 Å². The molecular weight excluding hydrogens is 780 g/mol. The maximum atomic E-state index is 15.0. The second-order valence-corrected chi connectivity index (χ2v) is 17.6. The standard InChI is InChI=1S/C46H63FN8O6/c1-8-37(50-43(58)25(3)48-5)45(60)54-23-31(56)19-29(54)21-35-33-16-15-28(47)18-39(33)49-40(35)42-36(34-14-10-12-27-13-11-17-53(42)41(27)34)22-30-20-32(57)24-55(30)46(61)38(9-2)51-44(59)26(4)52(6)7/h10,12,14-16,18,25-26,29-32,37-38,48-49,56-57H,8-9,11,13,17,19-24H2,1-7H3,(H,50,58)(H,51,59)/t25-,26-,29-,30-,31-,32-,37-,38-/m0/s1. The Kier molecular flexibility index (Phi) is 13.2. The molecule has 0 aliphatic carbocycles. The quantitative estimate of drug-likeness (QED) is 0.106. The Morgan fingerprint density at radius 2 is 1.48 bits per heavy atom. The minimum atomic E-state index is -0.775. The number of amides is 4. The molecule has 2 fully saturated rings. The normalized spacial score (nSPS) is 22.2. The molecule has 8 atom stereocenters. The lowest BCUT2D eigenvalue weighted by atomic mass is 9.94. The molecule has 0 bridgehead atoms. The first-order valence-corrected chi connectivity index (χ1v) is 22.0. The van der Waals surface area contributed by atoms with Gasteiger partial charge < -0.3 is 45.5 Å². The van der Waals surface area contributed by atoms with Crippen LogP contribution in [0, 0.1) is 5.82 Å². The molecule has 3 aliphatic rings. The number of benzene rings is 2. The molecule has 2 aromatic heterocycles. The SMILES string of the molecule is CC[C@H](NC(=O)[C@H](C)NC)C(=O)N1C[C@@H](O)C[C@H]1Cc1c(-c2c(C[C@@H]3C[C@H](O)CN3C(=O)[C@H](CC)NC(=O)[C@H](C)N(C)C)c3cccc4c3n2CCC4)[nH]c2cc(F)ccc12. The van der Waals surface area contributed by atoms with Crippen LogP contribution in [-0.2, 0) is 45.0 Å². The molecule has 0 spiro atoms. The van der Waals surface area contributed by atoms with E-state index in [1.54, 1.807) is 41.7 Å². The molecular formula is C46H63FN8O6. The highest BCUT2D eigenvalue weighted by Gasteiger charge is 2.41. The van der Waals surface area contributed by atoms with Crippen LogP contribution in [0.1, 0.15) is 76.5 Å². The first kappa shape index (κ1) is 44.2.